The Labute approximate surface area is 129 Å². The highest BCUT2D eigenvalue weighted by molar-refractivity contribution is 7.91. The standard InChI is InChI=1S/C14H20N2O3S2/c1-11-3-10-20-12(11)21(18,19)16-8-2-4-14(6-9-16)5-7-15-13(14)17/h3,10H,2,4-9H2,1H3,(H,15,17). The number of aryl methyl sites for hydroxylation is 1. The van der Waals surface area contributed by atoms with Crippen molar-refractivity contribution in [2.24, 2.45) is 5.41 Å². The summed E-state index contributed by atoms with van der Waals surface area (Å²) in [6.07, 6.45) is 2.99. The van der Waals surface area contributed by atoms with E-state index in [4.69, 9.17) is 0 Å². The molecule has 21 heavy (non-hydrogen) atoms. The maximum Gasteiger partial charge on any atom is 0.252 e. The van der Waals surface area contributed by atoms with Crippen LogP contribution in [0.4, 0.5) is 0 Å². The van der Waals surface area contributed by atoms with Gasteiger partial charge in [0.05, 0.1) is 5.41 Å². The van der Waals surface area contributed by atoms with Gasteiger partial charge in [-0.3, -0.25) is 4.79 Å². The lowest BCUT2D eigenvalue weighted by molar-refractivity contribution is -0.128. The fourth-order valence-electron chi connectivity index (χ4n) is 3.34. The predicted octanol–water partition coefficient (Wildman–Crippen LogP) is 1.74. The summed E-state index contributed by atoms with van der Waals surface area (Å²) in [5.74, 6) is 0.106. The van der Waals surface area contributed by atoms with Crippen LogP contribution in [0.3, 0.4) is 0 Å². The number of thiophene rings is 1. The second kappa shape index (κ2) is 5.37. The molecule has 5 nitrogen and oxygen atoms in total. The van der Waals surface area contributed by atoms with Crippen LogP contribution in [0.5, 0.6) is 0 Å². The van der Waals surface area contributed by atoms with Crippen molar-refractivity contribution in [3.63, 3.8) is 0 Å². The molecule has 1 aromatic rings. The molecule has 1 atom stereocenters. The van der Waals surface area contributed by atoms with Gasteiger partial charge in [-0.15, -0.1) is 11.3 Å². The molecule has 2 saturated heterocycles. The highest BCUT2D eigenvalue weighted by Crippen LogP contribution is 2.39. The Morgan fingerprint density at radius 2 is 2.10 bits per heavy atom. The lowest BCUT2D eigenvalue weighted by atomic mass is 9.79. The van der Waals surface area contributed by atoms with E-state index < -0.39 is 10.0 Å². The van der Waals surface area contributed by atoms with Gasteiger partial charge >= 0.3 is 0 Å². The first kappa shape index (κ1) is 15.0. The van der Waals surface area contributed by atoms with Crippen molar-refractivity contribution in [2.45, 2.75) is 36.8 Å². The third kappa shape index (κ3) is 2.51. The summed E-state index contributed by atoms with van der Waals surface area (Å²) in [4.78, 5) is 12.1. The molecule has 116 valence electrons. The number of rotatable bonds is 2. The molecule has 1 N–H and O–H groups in total. The van der Waals surface area contributed by atoms with E-state index in [1.807, 2.05) is 18.4 Å². The van der Waals surface area contributed by atoms with Gasteiger partial charge in [-0.2, -0.15) is 4.31 Å². The molecule has 0 bridgehead atoms. The van der Waals surface area contributed by atoms with Gasteiger partial charge in [-0.1, -0.05) is 0 Å². The van der Waals surface area contributed by atoms with E-state index in [2.05, 4.69) is 5.32 Å². The Morgan fingerprint density at radius 1 is 1.29 bits per heavy atom. The Balaban J connectivity index is 1.82. The zero-order valence-electron chi connectivity index (χ0n) is 12.1. The summed E-state index contributed by atoms with van der Waals surface area (Å²) in [6, 6.07) is 1.83. The minimum absolute atomic E-state index is 0.106. The molecular formula is C14H20N2O3S2. The number of hydrogen-bond donors (Lipinski definition) is 1. The maximum atomic E-state index is 12.7. The highest BCUT2D eigenvalue weighted by Gasteiger charge is 2.44. The van der Waals surface area contributed by atoms with Crippen LogP contribution in [0, 0.1) is 12.3 Å². The van der Waals surface area contributed by atoms with Crippen molar-refractivity contribution in [1.82, 2.24) is 9.62 Å². The van der Waals surface area contributed by atoms with Gasteiger partial charge in [0.2, 0.25) is 5.91 Å². The molecule has 1 aromatic heterocycles. The van der Waals surface area contributed by atoms with Crippen LogP contribution in [0.1, 0.15) is 31.2 Å². The average Bonchev–Trinajstić information content (AvgIpc) is 2.93. The van der Waals surface area contributed by atoms with Gasteiger partial charge in [0.15, 0.2) is 0 Å². The molecule has 7 heteroatoms. The number of hydrogen-bond acceptors (Lipinski definition) is 4. The Hall–Kier alpha value is -0.920. The SMILES string of the molecule is Cc1ccsc1S(=O)(=O)N1CCCC2(CCNC2=O)CC1. The highest BCUT2D eigenvalue weighted by atomic mass is 32.2. The summed E-state index contributed by atoms with van der Waals surface area (Å²) < 4.78 is 27.5. The molecule has 0 saturated carbocycles. The smallest absolute Gasteiger partial charge is 0.252 e. The number of sulfonamides is 1. The minimum Gasteiger partial charge on any atom is -0.356 e. The minimum atomic E-state index is -3.42. The second-order valence-corrected chi connectivity index (χ2v) is 8.98. The van der Waals surface area contributed by atoms with Crippen molar-refractivity contribution in [2.75, 3.05) is 19.6 Å². The van der Waals surface area contributed by atoms with Crippen LogP contribution in [-0.2, 0) is 14.8 Å². The van der Waals surface area contributed by atoms with Gasteiger partial charge in [-0.25, -0.2) is 8.42 Å². The summed E-state index contributed by atoms with van der Waals surface area (Å²) >= 11 is 1.27. The molecule has 0 radical (unpaired) electrons. The lowest BCUT2D eigenvalue weighted by Crippen LogP contribution is -2.35. The van der Waals surface area contributed by atoms with Gasteiger partial charge in [-0.05, 0) is 49.6 Å². The second-order valence-electron chi connectivity index (χ2n) is 5.93. The van der Waals surface area contributed by atoms with E-state index in [9.17, 15) is 13.2 Å². The normalized spacial score (nSPS) is 27.8. The largest absolute Gasteiger partial charge is 0.356 e. The molecule has 0 aliphatic carbocycles. The predicted molar refractivity (Wildman–Crippen MR) is 81.7 cm³/mol. The van der Waals surface area contributed by atoms with E-state index in [-0.39, 0.29) is 11.3 Å². The Morgan fingerprint density at radius 3 is 2.71 bits per heavy atom. The average molecular weight is 328 g/mol. The Kier molecular flexibility index (Phi) is 3.83. The van der Waals surface area contributed by atoms with Crippen LogP contribution < -0.4 is 5.32 Å². The monoisotopic (exact) mass is 328 g/mol. The van der Waals surface area contributed by atoms with E-state index >= 15 is 0 Å². The van der Waals surface area contributed by atoms with Crippen LogP contribution >= 0.6 is 11.3 Å². The molecule has 1 spiro atoms. The summed E-state index contributed by atoms with van der Waals surface area (Å²) in [5.41, 5.74) is 0.465. The van der Waals surface area contributed by atoms with E-state index in [0.717, 1.165) is 31.4 Å². The van der Waals surface area contributed by atoms with Crippen molar-refractivity contribution in [3.8, 4) is 0 Å². The fraction of sp³-hybridized carbons (Fsp3) is 0.643. The summed E-state index contributed by atoms with van der Waals surface area (Å²) in [7, 11) is -3.42. The van der Waals surface area contributed by atoms with E-state index in [1.165, 1.54) is 11.3 Å². The maximum absolute atomic E-state index is 12.7. The first-order valence-electron chi connectivity index (χ1n) is 7.28. The first-order valence-corrected chi connectivity index (χ1v) is 9.60. The van der Waals surface area contributed by atoms with Crippen LogP contribution in [-0.4, -0.2) is 38.3 Å². The first-order chi connectivity index (χ1) is 9.96. The van der Waals surface area contributed by atoms with E-state index in [1.54, 1.807) is 4.31 Å². The number of carbonyl (C=O) groups is 1. The van der Waals surface area contributed by atoms with Gasteiger partial charge in [0.25, 0.3) is 10.0 Å². The fourth-order valence-corrected chi connectivity index (χ4v) is 6.37. The summed E-state index contributed by atoms with van der Waals surface area (Å²) in [6.45, 7) is 3.49. The van der Waals surface area contributed by atoms with E-state index in [0.29, 0.717) is 23.7 Å². The number of nitrogens with one attached hydrogen (secondary N) is 1. The van der Waals surface area contributed by atoms with Crippen LogP contribution in [0.15, 0.2) is 15.7 Å². The van der Waals surface area contributed by atoms with Gasteiger partial charge in [0, 0.05) is 19.6 Å². The van der Waals surface area contributed by atoms with Crippen LogP contribution in [0.2, 0.25) is 0 Å². The summed E-state index contributed by atoms with van der Waals surface area (Å²) in [5, 5.41) is 4.70. The number of carbonyl (C=O) groups excluding carboxylic acids is 1. The molecule has 3 rings (SSSR count). The van der Waals surface area contributed by atoms with Gasteiger partial charge < -0.3 is 5.32 Å². The lowest BCUT2D eigenvalue weighted by Gasteiger charge is -2.24. The van der Waals surface area contributed by atoms with Crippen molar-refractivity contribution in [1.29, 1.82) is 0 Å². The molecule has 2 fully saturated rings. The quantitative estimate of drug-likeness (QED) is 0.899. The molecule has 0 aromatic carbocycles. The Bertz CT molecular complexity index is 653. The number of amides is 1. The van der Waals surface area contributed by atoms with Crippen LogP contribution in [0.25, 0.3) is 0 Å². The molecule has 1 amide bonds. The molecule has 2 aliphatic heterocycles. The molecule has 3 heterocycles. The zero-order chi connectivity index (χ0) is 15.1. The molecule has 1 unspecified atom stereocenters. The third-order valence-corrected chi connectivity index (χ3v) is 8.23. The molecular weight excluding hydrogens is 308 g/mol. The topological polar surface area (TPSA) is 66.5 Å². The third-order valence-electron chi connectivity index (χ3n) is 4.66. The number of nitrogens with zero attached hydrogens (tertiary/aromatic N) is 1. The van der Waals surface area contributed by atoms with Crippen molar-refractivity contribution >= 4 is 27.3 Å². The van der Waals surface area contributed by atoms with Crippen molar-refractivity contribution < 1.29 is 13.2 Å². The zero-order valence-corrected chi connectivity index (χ0v) is 13.7. The molecule has 2 aliphatic rings. The van der Waals surface area contributed by atoms with Gasteiger partial charge in [0.1, 0.15) is 4.21 Å². The van der Waals surface area contributed by atoms with Crippen molar-refractivity contribution in [3.05, 3.63) is 17.0 Å².